The fourth-order valence-corrected chi connectivity index (χ4v) is 4.83. The highest BCUT2D eigenvalue weighted by molar-refractivity contribution is 5.88. The summed E-state index contributed by atoms with van der Waals surface area (Å²) in [6.45, 7) is 15.7. The van der Waals surface area contributed by atoms with Crippen LogP contribution in [0, 0.1) is 19.3 Å². The van der Waals surface area contributed by atoms with Crippen LogP contribution in [0.5, 0.6) is 0 Å². The van der Waals surface area contributed by atoms with E-state index in [0.29, 0.717) is 17.1 Å². The fraction of sp³-hybridized carbons (Fsp3) is 0.519. The van der Waals surface area contributed by atoms with Crippen molar-refractivity contribution in [3.8, 4) is 22.5 Å². The fourth-order valence-electron chi connectivity index (χ4n) is 4.83. The lowest BCUT2D eigenvalue weighted by atomic mass is 9.81. The number of aryl methyl sites for hydroxylation is 2. The molecule has 2 aromatic heterocycles. The van der Waals surface area contributed by atoms with E-state index in [2.05, 4.69) is 39.4 Å². The number of aliphatic carboxylic acids is 1. The van der Waals surface area contributed by atoms with Crippen LogP contribution < -0.4 is 4.90 Å². The summed E-state index contributed by atoms with van der Waals surface area (Å²) in [4.78, 5) is 19.7. The number of nitrogens with zero attached hydrogens (tertiary/aromatic N) is 5. The van der Waals surface area contributed by atoms with E-state index in [1.807, 2.05) is 58.9 Å². The number of nitrogens with one attached hydrogen (secondary N) is 1. The minimum atomic E-state index is -1.14. The van der Waals surface area contributed by atoms with Crippen LogP contribution in [0.2, 0.25) is 0 Å². The number of pyridine rings is 1. The molecule has 3 aromatic rings. The number of H-pyrrole nitrogens is 1. The zero-order valence-corrected chi connectivity index (χ0v) is 22.2. The van der Waals surface area contributed by atoms with E-state index < -0.39 is 17.7 Å². The normalized spacial score (nSPS) is 16.7. The molecule has 9 nitrogen and oxygen atoms in total. The van der Waals surface area contributed by atoms with Crippen molar-refractivity contribution < 1.29 is 14.6 Å². The molecule has 0 radical (unpaired) electrons. The second-order valence-electron chi connectivity index (χ2n) is 11.3. The second kappa shape index (κ2) is 9.61. The lowest BCUT2D eigenvalue weighted by Gasteiger charge is -2.41. The van der Waals surface area contributed by atoms with Gasteiger partial charge in [0.25, 0.3) is 0 Å². The first-order chi connectivity index (χ1) is 16.9. The molecule has 192 valence electrons. The van der Waals surface area contributed by atoms with Crippen molar-refractivity contribution in [1.29, 1.82) is 0 Å². The Kier molecular flexibility index (Phi) is 6.88. The highest BCUT2D eigenvalue weighted by Gasteiger charge is 2.36. The Hall–Kier alpha value is -3.33. The summed E-state index contributed by atoms with van der Waals surface area (Å²) in [6, 6.07) is 7.91. The van der Waals surface area contributed by atoms with Gasteiger partial charge in [0, 0.05) is 41.2 Å². The molecule has 1 fully saturated rings. The van der Waals surface area contributed by atoms with E-state index in [4.69, 9.17) is 9.72 Å². The van der Waals surface area contributed by atoms with Crippen molar-refractivity contribution in [1.82, 2.24) is 25.6 Å². The first kappa shape index (κ1) is 25.8. The predicted molar refractivity (Wildman–Crippen MR) is 139 cm³/mol. The van der Waals surface area contributed by atoms with Crippen molar-refractivity contribution in [3.05, 3.63) is 41.2 Å². The van der Waals surface area contributed by atoms with E-state index in [1.54, 1.807) is 0 Å². The monoisotopic (exact) mass is 492 g/mol. The van der Waals surface area contributed by atoms with Gasteiger partial charge in [-0.3, -0.25) is 4.98 Å². The predicted octanol–water partition coefficient (Wildman–Crippen LogP) is 5.11. The van der Waals surface area contributed by atoms with Crippen LogP contribution in [0.15, 0.2) is 24.3 Å². The number of carboxylic acids is 1. The van der Waals surface area contributed by atoms with E-state index in [9.17, 15) is 9.90 Å². The van der Waals surface area contributed by atoms with Gasteiger partial charge in [-0.05, 0) is 63.7 Å². The smallest absolute Gasteiger partial charge is 0.337 e. The highest BCUT2D eigenvalue weighted by atomic mass is 16.5. The molecule has 1 atom stereocenters. The molecule has 0 aliphatic carbocycles. The number of carbonyl (C=O) groups is 1. The van der Waals surface area contributed by atoms with Gasteiger partial charge in [0.1, 0.15) is 0 Å². The van der Waals surface area contributed by atoms with Crippen molar-refractivity contribution in [2.45, 2.75) is 73.0 Å². The van der Waals surface area contributed by atoms with Crippen molar-refractivity contribution in [2.75, 3.05) is 18.0 Å². The van der Waals surface area contributed by atoms with Gasteiger partial charge in [-0.25, -0.2) is 4.79 Å². The number of hydrogen-bond donors (Lipinski definition) is 2. The molecule has 1 unspecified atom stereocenters. The maximum atomic E-state index is 12.6. The SMILES string of the molecule is Cc1nc(C)c(C(OC(C)(C)C)C(=O)O)c(N2CCC(C)(C)CC2)c1-c1ccc(-c2nn[nH]n2)cc1. The molecule has 1 aromatic carbocycles. The maximum absolute atomic E-state index is 12.6. The number of tetrazole rings is 1. The summed E-state index contributed by atoms with van der Waals surface area (Å²) in [7, 11) is 0. The van der Waals surface area contributed by atoms with Crippen LogP contribution in [0.3, 0.4) is 0 Å². The van der Waals surface area contributed by atoms with Crippen LogP contribution in [-0.2, 0) is 9.53 Å². The third kappa shape index (κ3) is 5.41. The van der Waals surface area contributed by atoms with Gasteiger partial charge in [-0.1, -0.05) is 38.1 Å². The molecule has 0 spiro atoms. The topological polar surface area (TPSA) is 117 Å². The number of carboxylic acid groups (broad SMARTS) is 1. The average Bonchev–Trinajstić information content (AvgIpc) is 3.32. The number of aromatic nitrogens is 5. The Morgan fingerprint density at radius 3 is 2.22 bits per heavy atom. The van der Waals surface area contributed by atoms with Gasteiger partial charge < -0.3 is 14.7 Å². The number of hydrogen-bond acceptors (Lipinski definition) is 7. The Balaban J connectivity index is 1.92. The van der Waals surface area contributed by atoms with Crippen LogP contribution in [0.1, 0.15) is 70.5 Å². The van der Waals surface area contributed by atoms with E-state index in [1.165, 1.54) is 0 Å². The second-order valence-corrected chi connectivity index (χ2v) is 11.3. The van der Waals surface area contributed by atoms with Crippen LogP contribution >= 0.6 is 0 Å². The van der Waals surface area contributed by atoms with Gasteiger partial charge in [0.2, 0.25) is 5.82 Å². The third-order valence-electron chi connectivity index (χ3n) is 6.75. The Morgan fingerprint density at radius 2 is 1.69 bits per heavy atom. The summed E-state index contributed by atoms with van der Waals surface area (Å²) < 4.78 is 6.14. The first-order valence-corrected chi connectivity index (χ1v) is 12.4. The van der Waals surface area contributed by atoms with Gasteiger partial charge in [-0.15, -0.1) is 10.2 Å². The number of benzene rings is 1. The average molecular weight is 493 g/mol. The molecule has 2 N–H and O–H groups in total. The number of piperidine rings is 1. The lowest BCUT2D eigenvalue weighted by Crippen LogP contribution is -2.39. The molecular weight excluding hydrogens is 456 g/mol. The van der Waals surface area contributed by atoms with Gasteiger partial charge >= 0.3 is 5.97 Å². The molecule has 4 rings (SSSR count). The Bertz CT molecular complexity index is 1220. The number of aromatic amines is 1. The summed E-state index contributed by atoms with van der Waals surface area (Å²) in [5.41, 5.74) is 5.37. The minimum Gasteiger partial charge on any atom is -0.479 e. The van der Waals surface area contributed by atoms with Crippen molar-refractivity contribution in [2.24, 2.45) is 5.41 Å². The molecule has 1 aliphatic rings. The molecule has 3 heterocycles. The third-order valence-corrected chi connectivity index (χ3v) is 6.75. The first-order valence-electron chi connectivity index (χ1n) is 12.4. The van der Waals surface area contributed by atoms with Crippen molar-refractivity contribution >= 4 is 11.7 Å². The molecule has 0 saturated carbocycles. The summed E-state index contributed by atoms with van der Waals surface area (Å²) in [5, 5.41) is 24.6. The Morgan fingerprint density at radius 1 is 1.08 bits per heavy atom. The highest BCUT2D eigenvalue weighted by Crippen LogP contribution is 2.45. The van der Waals surface area contributed by atoms with Crippen LogP contribution in [-0.4, -0.2) is 55.4 Å². The van der Waals surface area contributed by atoms with Gasteiger partial charge in [-0.2, -0.15) is 5.21 Å². The molecule has 1 saturated heterocycles. The van der Waals surface area contributed by atoms with Gasteiger partial charge in [0.05, 0.1) is 11.3 Å². The quantitative estimate of drug-likeness (QED) is 0.487. The summed E-state index contributed by atoms with van der Waals surface area (Å²) in [6.07, 6.45) is 0.891. The van der Waals surface area contributed by atoms with Crippen molar-refractivity contribution in [3.63, 3.8) is 0 Å². The van der Waals surface area contributed by atoms with E-state index in [0.717, 1.165) is 54.0 Å². The molecule has 9 heteroatoms. The van der Waals surface area contributed by atoms with Crippen LogP contribution in [0.4, 0.5) is 5.69 Å². The van der Waals surface area contributed by atoms with Crippen LogP contribution in [0.25, 0.3) is 22.5 Å². The maximum Gasteiger partial charge on any atom is 0.337 e. The molecular formula is C27H36N6O3. The number of rotatable bonds is 6. The molecule has 36 heavy (non-hydrogen) atoms. The summed E-state index contributed by atoms with van der Waals surface area (Å²) >= 11 is 0. The van der Waals surface area contributed by atoms with Gasteiger partial charge in [0.15, 0.2) is 6.10 Å². The zero-order chi connectivity index (χ0) is 26.3. The standard InChI is InChI=1S/C27H36N6O3/c1-16-20(18-8-10-19(11-9-18)24-29-31-32-30-24)22(33-14-12-27(6,7)13-15-33)21(17(2)28-16)23(25(34)35)36-26(3,4)5/h8-11,23H,12-15H2,1-7H3,(H,34,35)(H,29,30,31,32). The zero-order valence-electron chi connectivity index (χ0n) is 22.2. The lowest BCUT2D eigenvalue weighted by molar-refractivity contribution is -0.160. The molecule has 1 aliphatic heterocycles. The van der Waals surface area contributed by atoms with E-state index >= 15 is 0 Å². The molecule has 0 amide bonds. The number of ether oxygens (including phenoxy) is 1. The Labute approximate surface area is 212 Å². The largest absolute Gasteiger partial charge is 0.479 e. The molecule has 0 bridgehead atoms. The summed E-state index contributed by atoms with van der Waals surface area (Å²) in [5.74, 6) is -0.500. The minimum absolute atomic E-state index is 0.244. The number of anilines is 1. The van der Waals surface area contributed by atoms with E-state index in [-0.39, 0.29) is 5.41 Å².